The van der Waals surface area contributed by atoms with E-state index in [4.69, 9.17) is 4.98 Å². The highest BCUT2D eigenvalue weighted by Gasteiger charge is 2.26. The zero-order chi connectivity index (χ0) is 19.3. The van der Waals surface area contributed by atoms with Gasteiger partial charge >= 0.3 is 0 Å². The summed E-state index contributed by atoms with van der Waals surface area (Å²) in [6.07, 6.45) is 11.3. The Kier molecular flexibility index (Phi) is 5.84. The fourth-order valence-electron chi connectivity index (χ4n) is 4.27. The second-order valence-electron chi connectivity index (χ2n) is 8.04. The molecule has 148 valence electrons. The van der Waals surface area contributed by atoms with E-state index < -0.39 is 0 Å². The molecular formula is C22H29N5O. The summed E-state index contributed by atoms with van der Waals surface area (Å²) in [6, 6.07) is 6.21. The number of nitrogens with one attached hydrogen (secondary N) is 1. The molecule has 1 aliphatic carbocycles. The van der Waals surface area contributed by atoms with Crippen LogP contribution in [0.2, 0.25) is 0 Å². The van der Waals surface area contributed by atoms with Crippen molar-refractivity contribution in [3.8, 4) is 11.4 Å². The zero-order valence-corrected chi connectivity index (χ0v) is 16.6. The van der Waals surface area contributed by atoms with Crippen molar-refractivity contribution in [2.24, 2.45) is 5.92 Å². The van der Waals surface area contributed by atoms with Crippen molar-refractivity contribution >= 4 is 11.7 Å². The lowest BCUT2D eigenvalue weighted by Crippen LogP contribution is -2.46. The molecule has 2 aromatic heterocycles. The average molecular weight is 380 g/mol. The number of nitrogens with zero attached hydrogens (tertiary/aromatic N) is 4. The Labute approximate surface area is 166 Å². The molecule has 0 bridgehead atoms. The molecule has 1 N–H and O–H groups in total. The van der Waals surface area contributed by atoms with E-state index in [-0.39, 0.29) is 17.9 Å². The van der Waals surface area contributed by atoms with E-state index in [0.717, 1.165) is 61.7 Å². The van der Waals surface area contributed by atoms with E-state index in [9.17, 15) is 4.79 Å². The zero-order valence-electron chi connectivity index (χ0n) is 16.6. The molecule has 1 aliphatic heterocycles. The summed E-state index contributed by atoms with van der Waals surface area (Å²) in [7, 11) is 0. The highest BCUT2D eigenvalue weighted by Crippen LogP contribution is 2.25. The molecule has 2 aliphatic rings. The lowest BCUT2D eigenvalue weighted by Gasteiger charge is -2.34. The summed E-state index contributed by atoms with van der Waals surface area (Å²) in [4.78, 5) is 28.3. The van der Waals surface area contributed by atoms with Crippen LogP contribution in [0.25, 0.3) is 11.4 Å². The van der Waals surface area contributed by atoms with Gasteiger partial charge in [-0.05, 0) is 44.7 Å². The highest BCUT2D eigenvalue weighted by atomic mass is 16.1. The number of amides is 1. The molecule has 2 fully saturated rings. The molecule has 4 rings (SSSR count). The minimum atomic E-state index is 0.235. The maximum absolute atomic E-state index is 12.5. The standard InChI is InChI=1S/C22H29N5O/c1-16-14-20(26-21(24-16)18-8-5-11-23-15-18)27-12-9-19(10-13-27)25-22(28)17-6-3-2-4-7-17/h5,8,11,14-15,17,19H,2-4,6-7,9-10,12-13H2,1H3,(H,25,28). The first-order chi connectivity index (χ1) is 13.7. The average Bonchev–Trinajstić information content (AvgIpc) is 2.75. The van der Waals surface area contributed by atoms with Crippen LogP contribution in [0.5, 0.6) is 0 Å². The molecule has 2 aromatic rings. The lowest BCUT2D eigenvalue weighted by atomic mass is 9.88. The molecule has 0 atom stereocenters. The quantitative estimate of drug-likeness (QED) is 0.880. The summed E-state index contributed by atoms with van der Waals surface area (Å²) in [5.41, 5.74) is 1.89. The molecule has 3 heterocycles. The van der Waals surface area contributed by atoms with E-state index in [2.05, 4.69) is 20.2 Å². The van der Waals surface area contributed by atoms with Crippen molar-refractivity contribution in [3.05, 3.63) is 36.3 Å². The Bertz CT molecular complexity index is 796. The maximum Gasteiger partial charge on any atom is 0.223 e. The first-order valence-corrected chi connectivity index (χ1v) is 10.5. The van der Waals surface area contributed by atoms with E-state index in [1.54, 1.807) is 12.4 Å². The number of aryl methyl sites for hydroxylation is 1. The normalized spacial score (nSPS) is 18.8. The van der Waals surface area contributed by atoms with Gasteiger partial charge < -0.3 is 10.2 Å². The number of hydrogen-bond acceptors (Lipinski definition) is 5. The molecule has 6 heteroatoms. The van der Waals surface area contributed by atoms with Gasteiger partial charge in [0.25, 0.3) is 0 Å². The molecule has 6 nitrogen and oxygen atoms in total. The summed E-state index contributed by atoms with van der Waals surface area (Å²) in [6.45, 7) is 3.80. The third-order valence-electron chi connectivity index (χ3n) is 5.90. The van der Waals surface area contributed by atoms with Crippen molar-refractivity contribution in [2.75, 3.05) is 18.0 Å². The fourth-order valence-corrected chi connectivity index (χ4v) is 4.27. The van der Waals surface area contributed by atoms with Gasteiger partial charge in [-0.2, -0.15) is 0 Å². The molecule has 1 amide bonds. The van der Waals surface area contributed by atoms with Crippen LogP contribution in [-0.2, 0) is 4.79 Å². The molecular weight excluding hydrogens is 350 g/mol. The third-order valence-corrected chi connectivity index (χ3v) is 5.90. The van der Waals surface area contributed by atoms with Gasteiger partial charge in [0.15, 0.2) is 5.82 Å². The summed E-state index contributed by atoms with van der Waals surface area (Å²) < 4.78 is 0. The number of carbonyl (C=O) groups is 1. The first kappa shape index (κ1) is 18.8. The fraction of sp³-hybridized carbons (Fsp3) is 0.545. The van der Waals surface area contributed by atoms with Crippen molar-refractivity contribution in [2.45, 2.75) is 57.9 Å². The smallest absolute Gasteiger partial charge is 0.223 e. The Hall–Kier alpha value is -2.50. The lowest BCUT2D eigenvalue weighted by molar-refractivity contribution is -0.126. The maximum atomic E-state index is 12.5. The molecule has 1 saturated heterocycles. The van der Waals surface area contributed by atoms with Crippen LogP contribution in [0.15, 0.2) is 30.6 Å². The van der Waals surface area contributed by atoms with Crippen LogP contribution < -0.4 is 10.2 Å². The summed E-state index contributed by atoms with van der Waals surface area (Å²) in [5.74, 6) is 2.19. The molecule has 1 saturated carbocycles. The minimum Gasteiger partial charge on any atom is -0.356 e. The summed E-state index contributed by atoms with van der Waals surface area (Å²) >= 11 is 0. The van der Waals surface area contributed by atoms with Crippen LogP contribution in [0, 0.1) is 12.8 Å². The molecule has 0 spiro atoms. The molecule has 0 radical (unpaired) electrons. The van der Waals surface area contributed by atoms with E-state index >= 15 is 0 Å². The largest absolute Gasteiger partial charge is 0.356 e. The second kappa shape index (κ2) is 8.67. The van der Waals surface area contributed by atoms with Gasteiger partial charge in [0, 0.05) is 54.8 Å². The van der Waals surface area contributed by atoms with Crippen molar-refractivity contribution < 1.29 is 4.79 Å². The number of hydrogen-bond donors (Lipinski definition) is 1. The number of pyridine rings is 1. The molecule has 0 aromatic carbocycles. The van der Waals surface area contributed by atoms with E-state index in [0.29, 0.717) is 0 Å². The van der Waals surface area contributed by atoms with Crippen molar-refractivity contribution in [3.63, 3.8) is 0 Å². The number of anilines is 1. The first-order valence-electron chi connectivity index (χ1n) is 10.5. The number of rotatable bonds is 4. The predicted octanol–water partition coefficient (Wildman–Crippen LogP) is 3.51. The minimum absolute atomic E-state index is 0.235. The number of piperidine rings is 1. The number of carbonyl (C=O) groups excluding carboxylic acids is 1. The van der Waals surface area contributed by atoms with E-state index in [1.807, 2.05) is 25.1 Å². The van der Waals surface area contributed by atoms with Crippen LogP contribution in [0.4, 0.5) is 5.82 Å². The Balaban J connectivity index is 1.37. The van der Waals surface area contributed by atoms with Gasteiger partial charge in [0.05, 0.1) is 0 Å². The van der Waals surface area contributed by atoms with Crippen LogP contribution >= 0.6 is 0 Å². The van der Waals surface area contributed by atoms with Crippen LogP contribution in [0.3, 0.4) is 0 Å². The van der Waals surface area contributed by atoms with Gasteiger partial charge in [-0.15, -0.1) is 0 Å². The Morgan fingerprint density at radius 1 is 1.11 bits per heavy atom. The molecule has 0 unspecified atom stereocenters. The Morgan fingerprint density at radius 2 is 1.89 bits per heavy atom. The van der Waals surface area contributed by atoms with Crippen LogP contribution in [-0.4, -0.2) is 40.0 Å². The predicted molar refractivity (Wildman–Crippen MR) is 110 cm³/mol. The second-order valence-corrected chi connectivity index (χ2v) is 8.04. The SMILES string of the molecule is Cc1cc(N2CCC(NC(=O)C3CCCCC3)CC2)nc(-c2cccnc2)n1. The van der Waals surface area contributed by atoms with E-state index in [1.165, 1.54) is 19.3 Å². The van der Waals surface area contributed by atoms with Gasteiger partial charge in [-0.1, -0.05) is 19.3 Å². The van der Waals surface area contributed by atoms with Gasteiger partial charge in [-0.25, -0.2) is 9.97 Å². The van der Waals surface area contributed by atoms with Gasteiger partial charge in [0.1, 0.15) is 5.82 Å². The topological polar surface area (TPSA) is 71.0 Å². The van der Waals surface area contributed by atoms with Crippen LogP contribution in [0.1, 0.15) is 50.6 Å². The van der Waals surface area contributed by atoms with Crippen molar-refractivity contribution in [1.29, 1.82) is 0 Å². The highest BCUT2D eigenvalue weighted by molar-refractivity contribution is 5.79. The summed E-state index contributed by atoms with van der Waals surface area (Å²) in [5, 5.41) is 3.30. The third kappa shape index (κ3) is 4.49. The van der Waals surface area contributed by atoms with Crippen molar-refractivity contribution in [1.82, 2.24) is 20.3 Å². The molecule has 28 heavy (non-hydrogen) atoms. The monoisotopic (exact) mass is 379 g/mol. The van der Waals surface area contributed by atoms with Gasteiger partial charge in [0.2, 0.25) is 5.91 Å². The van der Waals surface area contributed by atoms with Gasteiger partial charge in [-0.3, -0.25) is 9.78 Å². The Morgan fingerprint density at radius 3 is 2.61 bits per heavy atom. The number of aromatic nitrogens is 3.